The van der Waals surface area contributed by atoms with Crippen molar-refractivity contribution in [3.63, 3.8) is 0 Å². The van der Waals surface area contributed by atoms with Gasteiger partial charge in [-0.05, 0) is 12.3 Å². The molecule has 0 aromatic carbocycles. The Labute approximate surface area is 91.1 Å². The molecule has 15 heavy (non-hydrogen) atoms. The lowest BCUT2D eigenvalue weighted by Gasteiger charge is -2.20. The molecular formula is C11H19N3O. The second-order valence-electron chi connectivity index (χ2n) is 3.83. The quantitative estimate of drug-likeness (QED) is 0.808. The normalized spacial score (nSPS) is 12.6. The van der Waals surface area contributed by atoms with Gasteiger partial charge >= 0.3 is 0 Å². The third kappa shape index (κ3) is 3.38. The smallest absolute Gasteiger partial charge is 0.226 e. The average molecular weight is 209 g/mol. The van der Waals surface area contributed by atoms with Crippen LogP contribution in [-0.4, -0.2) is 23.1 Å². The van der Waals surface area contributed by atoms with Crippen LogP contribution in [0.2, 0.25) is 0 Å². The Morgan fingerprint density at radius 3 is 2.73 bits per heavy atom. The third-order valence-corrected chi connectivity index (χ3v) is 2.40. The van der Waals surface area contributed by atoms with Crippen LogP contribution in [0, 0.1) is 5.92 Å². The predicted octanol–water partition coefficient (Wildman–Crippen LogP) is 2.33. The number of hydrogen-bond acceptors (Lipinski definition) is 4. The summed E-state index contributed by atoms with van der Waals surface area (Å²) >= 11 is 0. The highest BCUT2D eigenvalue weighted by Gasteiger charge is 2.11. The van der Waals surface area contributed by atoms with E-state index in [1.54, 1.807) is 19.4 Å². The molecule has 1 atom stereocenters. The molecule has 1 aromatic heterocycles. The molecule has 84 valence electrons. The molecule has 0 bridgehead atoms. The number of rotatable bonds is 5. The van der Waals surface area contributed by atoms with Crippen LogP contribution in [0.1, 0.15) is 27.2 Å². The second-order valence-corrected chi connectivity index (χ2v) is 3.83. The largest absolute Gasteiger partial charge is 0.481 e. The lowest BCUT2D eigenvalue weighted by Crippen LogP contribution is -2.25. The van der Waals surface area contributed by atoms with Gasteiger partial charge in [0.05, 0.1) is 7.11 Å². The van der Waals surface area contributed by atoms with Crippen LogP contribution in [0.5, 0.6) is 5.88 Å². The number of nitrogens with zero attached hydrogens (tertiary/aromatic N) is 2. The zero-order valence-corrected chi connectivity index (χ0v) is 9.82. The molecule has 4 nitrogen and oxygen atoms in total. The van der Waals surface area contributed by atoms with Crippen molar-refractivity contribution in [3.05, 3.63) is 12.3 Å². The van der Waals surface area contributed by atoms with Gasteiger partial charge in [-0.3, -0.25) is 0 Å². The van der Waals surface area contributed by atoms with Crippen molar-refractivity contribution in [2.24, 2.45) is 5.92 Å². The maximum atomic E-state index is 5.04. The lowest BCUT2D eigenvalue weighted by atomic mass is 10.0. The molecule has 4 heteroatoms. The number of ether oxygens (including phenoxy) is 1. The van der Waals surface area contributed by atoms with E-state index in [-0.39, 0.29) is 0 Å². The van der Waals surface area contributed by atoms with Crippen molar-refractivity contribution in [3.8, 4) is 5.88 Å². The van der Waals surface area contributed by atoms with E-state index in [0.29, 0.717) is 23.8 Å². The number of aromatic nitrogens is 2. The first-order chi connectivity index (χ1) is 7.17. The Kier molecular flexibility index (Phi) is 4.34. The Bertz CT molecular complexity index is 302. The minimum absolute atomic E-state index is 0.400. The molecule has 0 saturated heterocycles. The van der Waals surface area contributed by atoms with Gasteiger partial charge in [-0.2, -0.15) is 4.98 Å². The highest BCUT2D eigenvalue weighted by atomic mass is 16.5. The maximum Gasteiger partial charge on any atom is 0.226 e. The van der Waals surface area contributed by atoms with Crippen LogP contribution in [0.25, 0.3) is 0 Å². The molecule has 0 spiro atoms. The van der Waals surface area contributed by atoms with E-state index < -0.39 is 0 Å². The first-order valence-electron chi connectivity index (χ1n) is 5.31. The molecule has 0 aliphatic carbocycles. The molecule has 0 aliphatic heterocycles. The maximum absolute atomic E-state index is 5.04. The molecule has 0 aliphatic rings. The fourth-order valence-electron chi connectivity index (χ4n) is 1.43. The summed E-state index contributed by atoms with van der Waals surface area (Å²) in [7, 11) is 1.60. The van der Waals surface area contributed by atoms with Crippen LogP contribution in [0.3, 0.4) is 0 Å². The van der Waals surface area contributed by atoms with Gasteiger partial charge in [0.25, 0.3) is 0 Å². The van der Waals surface area contributed by atoms with Gasteiger partial charge < -0.3 is 10.1 Å². The number of hydrogen-bond donors (Lipinski definition) is 1. The zero-order valence-electron chi connectivity index (χ0n) is 9.82. The summed E-state index contributed by atoms with van der Waals surface area (Å²) < 4.78 is 5.04. The first kappa shape index (κ1) is 11.8. The van der Waals surface area contributed by atoms with E-state index in [1.165, 1.54) is 0 Å². The van der Waals surface area contributed by atoms with Gasteiger partial charge in [0.2, 0.25) is 11.8 Å². The van der Waals surface area contributed by atoms with Crippen molar-refractivity contribution >= 4 is 5.95 Å². The van der Waals surface area contributed by atoms with E-state index in [0.717, 1.165) is 6.42 Å². The summed E-state index contributed by atoms with van der Waals surface area (Å²) in [4.78, 5) is 8.37. The molecule has 0 amide bonds. The number of nitrogens with one attached hydrogen (secondary N) is 1. The van der Waals surface area contributed by atoms with Crippen LogP contribution in [0.15, 0.2) is 12.3 Å². The van der Waals surface area contributed by atoms with Crippen LogP contribution >= 0.6 is 0 Å². The van der Waals surface area contributed by atoms with E-state index >= 15 is 0 Å². The van der Waals surface area contributed by atoms with Crippen molar-refractivity contribution in [1.82, 2.24) is 9.97 Å². The number of methoxy groups -OCH3 is 1. The topological polar surface area (TPSA) is 47.0 Å². The van der Waals surface area contributed by atoms with E-state index in [9.17, 15) is 0 Å². The molecule has 1 N–H and O–H groups in total. The van der Waals surface area contributed by atoms with Gasteiger partial charge in [0.1, 0.15) is 0 Å². The van der Waals surface area contributed by atoms with Gasteiger partial charge in [0, 0.05) is 18.3 Å². The van der Waals surface area contributed by atoms with Gasteiger partial charge in [-0.15, -0.1) is 0 Å². The summed E-state index contributed by atoms with van der Waals surface area (Å²) in [6, 6.07) is 2.14. The molecule has 1 aromatic rings. The Morgan fingerprint density at radius 2 is 2.20 bits per heavy atom. The Morgan fingerprint density at radius 1 is 1.47 bits per heavy atom. The summed E-state index contributed by atoms with van der Waals surface area (Å²) in [5.74, 6) is 1.78. The Hall–Kier alpha value is -1.32. The first-order valence-corrected chi connectivity index (χ1v) is 5.31. The van der Waals surface area contributed by atoms with E-state index in [2.05, 4.69) is 36.1 Å². The average Bonchev–Trinajstić information content (AvgIpc) is 2.25. The van der Waals surface area contributed by atoms with Crippen LogP contribution in [0.4, 0.5) is 5.95 Å². The van der Waals surface area contributed by atoms with Crippen LogP contribution in [-0.2, 0) is 0 Å². The highest BCUT2D eigenvalue weighted by Crippen LogP contribution is 2.13. The summed E-state index contributed by atoms with van der Waals surface area (Å²) in [5.41, 5.74) is 0. The standard InChI is InChI=1S/C11H19N3O/c1-5-9(8(2)3)13-11-12-7-6-10(14-11)15-4/h6-9H,5H2,1-4H3,(H,12,13,14). The minimum atomic E-state index is 0.400. The second kappa shape index (κ2) is 5.53. The van der Waals surface area contributed by atoms with Crippen molar-refractivity contribution in [1.29, 1.82) is 0 Å². The van der Waals surface area contributed by atoms with Crippen LogP contribution < -0.4 is 10.1 Å². The molecule has 1 rings (SSSR count). The monoisotopic (exact) mass is 209 g/mol. The molecule has 1 heterocycles. The van der Waals surface area contributed by atoms with Gasteiger partial charge in [0.15, 0.2) is 0 Å². The molecular weight excluding hydrogens is 190 g/mol. The van der Waals surface area contributed by atoms with Crippen molar-refractivity contribution in [2.75, 3.05) is 12.4 Å². The molecule has 1 unspecified atom stereocenters. The summed E-state index contributed by atoms with van der Waals surface area (Å²) in [5, 5.41) is 3.30. The van der Waals surface area contributed by atoms with Crippen molar-refractivity contribution < 1.29 is 4.74 Å². The van der Waals surface area contributed by atoms with E-state index in [4.69, 9.17) is 4.74 Å². The van der Waals surface area contributed by atoms with Gasteiger partial charge in [-0.1, -0.05) is 20.8 Å². The highest BCUT2D eigenvalue weighted by molar-refractivity contribution is 5.28. The molecule has 0 saturated carbocycles. The van der Waals surface area contributed by atoms with E-state index in [1.807, 2.05) is 0 Å². The number of anilines is 1. The SMILES string of the molecule is CCC(Nc1nccc(OC)n1)C(C)C. The fraction of sp³-hybridized carbons (Fsp3) is 0.636. The minimum Gasteiger partial charge on any atom is -0.481 e. The Balaban J connectivity index is 2.70. The molecule has 0 fully saturated rings. The molecule has 0 radical (unpaired) electrons. The fourth-order valence-corrected chi connectivity index (χ4v) is 1.43. The summed E-state index contributed by atoms with van der Waals surface area (Å²) in [6.07, 6.45) is 2.75. The third-order valence-electron chi connectivity index (χ3n) is 2.40. The predicted molar refractivity (Wildman–Crippen MR) is 61.1 cm³/mol. The lowest BCUT2D eigenvalue weighted by molar-refractivity contribution is 0.396. The zero-order chi connectivity index (χ0) is 11.3. The van der Waals surface area contributed by atoms with Gasteiger partial charge in [-0.25, -0.2) is 4.98 Å². The van der Waals surface area contributed by atoms with Crippen molar-refractivity contribution in [2.45, 2.75) is 33.2 Å². The summed E-state index contributed by atoms with van der Waals surface area (Å²) in [6.45, 7) is 6.51.